The number of nitrogens with zero attached hydrogens (tertiary/aromatic N) is 3. The summed E-state index contributed by atoms with van der Waals surface area (Å²) < 4.78 is 15.1. The van der Waals surface area contributed by atoms with E-state index in [1.807, 2.05) is 24.6 Å². The topological polar surface area (TPSA) is 41.6 Å². The van der Waals surface area contributed by atoms with Crippen LogP contribution in [0.25, 0.3) is 0 Å². The zero-order chi connectivity index (χ0) is 14.0. The highest BCUT2D eigenvalue weighted by Gasteiger charge is 2.11. The Kier molecular flexibility index (Phi) is 3.87. The fraction of sp³-hybridized carbons (Fsp3) is 0.286. The first kappa shape index (κ1) is 13.6. The molecule has 19 heavy (non-hydrogen) atoms. The molecule has 0 amide bonds. The molecule has 0 unspecified atom stereocenters. The molecule has 0 N–H and O–H groups in total. The Labute approximate surface area is 116 Å². The van der Waals surface area contributed by atoms with Gasteiger partial charge in [0.2, 0.25) is 0 Å². The molecule has 0 fully saturated rings. The summed E-state index contributed by atoms with van der Waals surface area (Å²) >= 11 is 5.88. The molecule has 0 saturated heterocycles. The van der Waals surface area contributed by atoms with Crippen LogP contribution in [0.3, 0.4) is 0 Å². The van der Waals surface area contributed by atoms with Gasteiger partial charge in [-0.1, -0.05) is 6.07 Å². The molecule has 0 bridgehead atoms. The van der Waals surface area contributed by atoms with E-state index in [1.54, 1.807) is 12.1 Å². The third-order valence-corrected chi connectivity index (χ3v) is 3.42. The van der Waals surface area contributed by atoms with E-state index in [1.165, 1.54) is 6.07 Å². The first-order valence-corrected chi connectivity index (χ1v) is 6.37. The van der Waals surface area contributed by atoms with Crippen molar-refractivity contribution in [1.82, 2.24) is 9.78 Å². The predicted octanol–water partition coefficient (Wildman–Crippen LogP) is 3.30. The Morgan fingerprint density at radius 3 is 2.74 bits per heavy atom. The van der Waals surface area contributed by atoms with Crippen molar-refractivity contribution in [3.05, 3.63) is 52.1 Å². The molecular formula is C14H13ClFN3. The molecule has 0 atom stereocenters. The van der Waals surface area contributed by atoms with Crippen molar-refractivity contribution in [2.75, 3.05) is 0 Å². The summed E-state index contributed by atoms with van der Waals surface area (Å²) in [5.41, 5.74) is 3.80. The van der Waals surface area contributed by atoms with E-state index in [-0.39, 0.29) is 5.56 Å². The molecule has 0 aliphatic carbocycles. The lowest BCUT2D eigenvalue weighted by atomic mass is 10.1. The van der Waals surface area contributed by atoms with E-state index < -0.39 is 5.82 Å². The molecule has 5 heteroatoms. The Balaban J connectivity index is 2.34. The molecule has 0 aliphatic heterocycles. The van der Waals surface area contributed by atoms with Gasteiger partial charge in [0.1, 0.15) is 11.9 Å². The monoisotopic (exact) mass is 277 g/mol. The van der Waals surface area contributed by atoms with Gasteiger partial charge in [-0.05, 0) is 31.5 Å². The highest BCUT2D eigenvalue weighted by Crippen LogP contribution is 2.17. The van der Waals surface area contributed by atoms with E-state index in [0.29, 0.717) is 12.4 Å². The maximum absolute atomic E-state index is 13.2. The summed E-state index contributed by atoms with van der Waals surface area (Å²) in [6.45, 7) is 4.36. The molecule has 98 valence electrons. The van der Waals surface area contributed by atoms with Gasteiger partial charge in [0, 0.05) is 11.3 Å². The molecule has 2 aromatic rings. The summed E-state index contributed by atoms with van der Waals surface area (Å²) in [6.07, 6.45) is 0. The SMILES string of the molecule is Cc1nn(Cc2ccc(F)c(C#N)c2)c(C)c1CCl. The van der Waals surface area contributed by atoms with Crippen LogP contribution in [0, 0.1) is 31.0 Å². The Hall–Kier alpha value is -1.86. The zero-order valence-electron chi connectivity index (χ0n) is 10.7. The first-order valence-electron chi connectivity index (χ1n) is 5.84. The third kappa shape index (κ3) is 2.61. The van der Waals surface area contributed by atoms with Crippen LogP contribution >= 0.6 is 11.6 Å². The fourth-order valence-corrected chi connectivity index (χ4v) is 2.40. The van der Waals surface area contributed by atoms with Gasteiger partial charge in [-0.25, -0.2) is 4.39 Å². The van der Waals surface area contributed by atoms with Crippen LogP contribution in [-0.4, -0.2) is 9.78 Å². The highest BCUT2D eigenvalue weighted by atomic mass is 35.5. The van der Waals surface area contributed by atoms with Crippen molar-refractivity contribution in [2.45, 2.75) is 26.3 Å². The second kappa shape index (κ2) is 5.41. The van der Waals surface area contributed by atoms with E-state index in [9.17, 15) is 4.39 Å². The van der Waals surface area contributed by atoms with Crippen molar-refractivity contribution in [3.8, 4) is 6.07 Å². The molecule has 1 aromatic heterocycles. The lowest BCUT2D eigenvalue weighted by molar-refractivity contribution is 0.618. The van der Waals surface area contributed by atoms with E-state index >= 15 is 0 Å². The fourth-order valence-electron chi connectivity index (χ4n) is 2.01. The average Bonchev–Trinajstić information content (AvgIpc) is 2.66. The summed E-state index contributed by atoms with van der Waals surface area (Å²) in [5, 5.41) is 13.2. The number of alkyl halides is 1. The highest BCUT2D eigenvalue weighted by molar-refractivity contribution is 6.17. The zero-order valence-corrected chi connectivity index (χ0v) is 11.5. The van der Waals surface area contributed by atoms with Crippen LogP contribution in [0.5, 0.6) is 0 Å². The Morgan fingerprint density at radius 2 is 2.16 bits per heavy atom. The van der Waals surface area contributed by atoms with Crippen molar-refractivity contribution in [1.29, 1.82) is 5.26 Å². The van der Waals surface area contributed by atoms with Crippen LogP contribution in [0.1, 0.15) is 28.1 Å². The third-order valence-electron chi connectivity index (χ3n) is 3.15. The van der Waals surface area contributed by atoms with Crippen LogP contribution in [0.4, 0.5) is 4.39 Å². The standard InChI is InChI=1S/C14H13ClFN3/c1-9-13(6-15)10(2)19(18-9)8-11-3-4-14(16)12(5-11)7-17/h3-5H,6,8H2,1-2H3. The van der Waals surface area contributed by atoms with Gasteiger partial charge in [0.05, 0.1) is 23.7 Å². The number of rotatable bonds is 3. The first-order chi connectivity index (χ1) is 9.06. The van der Waals surface area contributed by atoms with Crippen LogP contribution in [-0.2, 0) is 12.4 Å². The van der Waals surface area contributed by atoms with E-state index in [0.717, 1.165) is 22.5 Å². The van der Waals surface area contributed by atoms with Gasteiger partial charge in [-0.2, -0.15) is 10.4 Å². The number of hydrogen-bond acceptors (Lipinski definition) is 2. The molecule has 0 spiro atoms. The molecule has 1 aromatic carbocycles. The smallest absolute Gasteiger partial charge is 0.140 e. The lowest BCUT2D eigenvalue weighted by Gasteiger charge is -2.06. The van der Waals surface area contributed by atoms with Crippen LogP contribution < -0.4 is 0 Å². The Bertz CT molecular complexity index is 655. The number of halogens is 2. The van der Waals surface area contributed by atoms with Crippen molar-refractivity contribution < 1.29 is 4.39 Å². The number of hydrogen-bond donors (Lipinski definition) is 0. The normalized spacial score (nSPS) is 10.5. The summed E-state index contributed by atoms with van der Waals surface area (Å²) in [5.74, 6) is -0.0779. The van der Waals surface area contributed by atoms with Gasteiger partial charge in [-0.3, -0.25) is 4.68 Å². The maximum atomic E-state index is 13.2. The second-order valence-corrected chi connectivity index (χ2v) is 4.63. The van der Waals surface area contributed by atoms with Crippen LogP contribution in [0.15, 0.2) is 18.2 Å². The molecule has 1 heterocycles. The van der Waals surface area contributed by atoms with E-state index in [4.69, 9.17) is 16.9 Å². The minimum absolute atomic E-state index is 0.0524. The maximum Gasteiger partial charge on any atom is 0.140 e. The quantitative estimate of drug-likeness (QED) is 0.808. The van der Waals surface area contributed by atoms with Crippen LogP contribution in [0.2, 0.25) is 0 Å². The molecular weight excluding hydrogens is 265 g/mol. The largest absolute Gasteiger partial charge is 0.265 e. The number of aryl methyl sites for hydroxylation is 1. The van der Waals surface area contributed by atoms with Gasteiger partial charge in [0.15, 0.2) is 0 Å². The van der Waals surface area contributed by atoms with E-state index in [2.05, 4.69) is 5.10 Å². The molecule has 0 radical (unpaired) electrons. The van der Waals surface area contributed by atoms with Crippen molar-refractivity contribution in [2.24, 2.45) is 0 Å². The molecule has 2 rings (SSSR count). The lowest BCUT2D eigenvalue weighted by Crippen LogP contribution is -2.05. The average molecular weight is 278 g/mol. The number of benzene rings is 1. The number of nitriles is 1. The number of aromatic nitrogens is 2. The van der Waals surface area contributed by atoms with Gasteiger partial charge in [-0.15, -0.1) is 11.6 Å². The summed E-state index contributed by atoms with van der Waals surface area (Å²) in [7, 11) is 0. The minimum atomic E-state index is -0.499. The van der Waals surface area contributed by atoms with Crippen molar-refractivity contribution in [3.63, 3.8) is 0 Å². The molecule has 0 aliphatic rings. The molecule has 0 saturated carbocycles. The van der Waals surface area contributed by atoms with Gasteiger partial charge in [0.25, 0.3) is 0 Å². The summed E-state index contributed by atoms with van der Waals surface area (Å²) in [6, 6.07) is 6.35. The summed E-state index contributed by atoms with van der Waals surface area (Å²) in [4.78, 5) is 0. The Morgan fingerprint density at radius 1 is 1.42 bits per heavy atom. The van der Waals surface area contributed by atoms with Gasteiger partial charge < -0.3 is 0 Å². The van der Waals surface area contributed by atoms with Crippen molar-refractivity contribution >= 4 is 11.6 Å². The minimum Gasteiger partial charge on any atom is -0.265 e. The molecule has 3 nitrogen and oxygen atoms in total. The second-order valence-electron chi connectivity index (χ2n) is 4.37. The predicted molar refractivity (Wildman–Crippen MR) is 71.5 cm³/mol. The van der Waals surface area contributed by atoms with Gasteiger partial charge >= 0.3 is 0 Å².